The van der Waals surface area contributed by atoms with Crippen LogP contribution >= 0.6 is 11.6 Å². The van der Waals surface area contributed by atoms with Crippen LogP contribution in [0.25, 0.3) is 0 Å². The van der Waals surface area contributed by atoms with Gasteiger partial charge >= 0.3 is 0 Å². The van der Waals surface area contributed by atoms with Crippen molar-refractivity contribution in [3.8, 4) is 11.8 Å². The van der Waals surface area contributed by atoms with E-state index in [9.17, 15) is 14.7 Å². The van der Waals surface area contributed by atoms with Crippen molar-refractivity contribution in [1.29, 1.82) is 0 Å². The molecule has 2 heterocycles. The van der Waals surface area contributed by atoms with Crippen molar-refractivity contribution < 1.29 is 14.6 Å². The molecule has 0 saturated carbocycles. The van der Waals surface area contributed by atoms with E-state index >= 15 is 0 Å². The van der Waals surface area contributed by atoms with Gasteiger partial charge < -0.3 is 9.84 Å². The number of aromatic hydroxyl groups is 1. The lowest BCUT2D eigenvalue weighted by Gasteiger charge is -2.06. The predicted molar refractivity (Wildman–Crippen MR) is 70.3 cm³/mol. The second-order valence-electron chi connectivity index (χ2n) is 3.63. The van der Waals surface area contributed by atoms with E-state index in [4.69, 9.17) is 16.3 Å². The highest BCUT2D eigenvalue weighted by molar-refractivity contribution is 6.29. The fourth-order valence-corrected chi connectivity index (χ4v) is 1.56. The summed E-state index contributed by atoms with van der Waals surface area (Å²) in [6.07, 6.45) is 0. The zero-order valence-electron chi connectivity index (χ0n) is 10.2. The number of nitrogens with zero attached hydrogens (tertiary/aromatic N) is 2. The summed E-state index contributed by atoms with van der Waals surface area (Å²) in [4.78, 5) is 32.8. The maximum Gasteiger partial charge on any atom is 0.258 e. The summed E-state index contributed by atoms with van der Waals surface area (Å²) in [6, 6.07) is 3.49. The third-order valence-electron chi connectivity index (χ3n) is 2.20. The summed E-state index contributed by atoms with van der Waals surface area (Å²) in [6.45, 7) is 0. The van der Waals surface area contributed by atoms with E-state index in [1.54, 1.807) is 0 Å². The first-order valence-electron chi connectivity index (χ1n) is 5.31. The van der Waals surface area contributed by atoms with E-state index < -0.39 is 17.3 Å². The summed E-state index contributed by atoms with van der Waals surface area (Å²) in [5, 5.41) is 11.7. The van der Waals surface area contributed by atoms with Crippen LogP contribution in [0.15, 0.2) is 23.0 Å². The molecule has 0 aliphatic rings. The highest BCUT2D eigenvalue weighted by Gasteiger charge is 2.11. The van der Waals surface area contributed by atoms with Crippen LogP contribution in [0.3, 0.4) is 0 Å². The minimum atomic E-state index is -0.671. The van der Waals surface area contributed by atoms with E-state index in [1.807, 2.05) is 0 Å². The number of H-pyrrole nitrogens is 1. The van der Waals surface area contributed by atoms with Gasteiger partial charge in [-0.1, -0.05) is 11.6 Å². The number of ether oxygens (including phenoxy) is 1. The molecule has 0 aliphatic carbocycles. The Bertz CT molecular complexity index is 716. The molecule has 0 unspecified atom stereocenters. The fourth-order valence-electron chi connectivity index (χ4n) is 1.39. The number of anilines is 1. The van der Waals surface area contributed by atoms with E-state index in [2.05, 4.69) is 20.3 Å². The topological polar surface area (TPSA) is 117 Å². The number of carbonyl (C=O) groups is 1. The SMILES string of the molecule is COc1cc(Cl)nc(NC(=O)c2cc(O)[nH]c(=O)c2)n1. The van der Waals surface area contributed by atoms with Crippen molar-refractivity contribution in [2.45, 2.75) is 0 Å². The molecular weight excluding hydrogens is 288 g/mol. The van der Waals surface area contributed by atoms with Gasteiger partial charge in [0.1, 0.15) is 5.15 Å². The molecule has 3 N–H and O–H groups in total. The standard InChI is InChI=1S/C11H9ClN4O4/c1-20-9-4-6(12)13-11(15-9)16-10(19)5-2-7(17)14-8(18)3-5/h2-4H,1H3,(H2,14,17,18)(H,13,15,16,19). The van der Waals surface area contributed by atoms with Crippen molar-refractivity contribution in [2.75, 3.05) is 12.4 Å². The highest BCUT2D eigenvalue weighted by Crippen LogP contribution is 2.16. The number of hydrogen-bond donors (Lipinski definition) is 3. The zero-order valence-corrected chi connectivity index (χ0v) is 10.9. The highest BCUT2D eigenvalue weighted by atomic mass is 35.5. The molecule has 8 nitrogen and oxygen atoms in total. The van der Waals surface area contributed by atoms with Gasteiger partial charge in [-0.15, -0.1) is 0 Å². The molecule has 1 amide bonds. The van der Waals surface area contributed by atoms with Crippen molar-refractivity contribution in [3.05, 3.63) is 39.3 Å². The van der Waals surface area contributed by atoms with Crippen molar-refractivity contribution in [3.63, 3.8) is 0 Å². The second kappa shape index (κ2) is 5.57. The number of hydrogen-bond acceptors (Lipinski definition) is 6. The Labute approximate surface area is 117 Å². The van der Waals surface area contributed by atoms with Crippen LogP contribution in [-0.2, 0) is 0 Å². The van der Waals surface area contributed by atoms with Crippen LogP contribution < -0.4 is 15.6 Å². The first kappa shape index (κ1) is 13.8. The van der Waals surface area contributed by atoms with Gasteiger partial charge in [0, 0.05) is 18.2 Å². The van der Waals surface area contributed by atoms with Crippen LogP contribution in [0, 0.1) is 0 Å². The van der Waals surface area contributed by atoms with Crippen molar-refractivity contribution >= 4 is 23.5 Å². The first-order chi connectivity index (χ1) is 9.47. The first-order valence-corrected chi connectivity index (χ1v) is 5.69. The number of aromatic amines is 1. The molecule has 0 fully saturated rings. The van der Waals surface area contributed by atoms with Crippen molar-refractivity contribution in [1.82, 2.24) is 15.0 Å². The number of pyridine rings is 1. The van der Waals surface area contributed by atoms with Crippen LogP contribution in [-0.4, -0.2) is 33.1 Å². The van der Waals surface area contributed by atoms with Gasteiger partial charge in [-0.05, 0) is 0 Å². The molecule has 0 spiro atoms. The second-order valence-corrected chi connectivity index (χ2v) is 4.02. The number of rotatable bonds is 3. The lowest BCUT2D eigenvalue weighted by atomic mass is 10.2. The quantitative estimate of drug-likeness (QED) is 0.721. The Morgan fingerprint density at radius 2 is 2.15 bits per heavy atom. The largest absolute Gasteiger partial charge is 0.494 e. The maximum atomic E-state index is 11.9. The normalized spacial score (nSPS) is 10.1. The van der Waals surface area contributed by atoms with Gasteiger partial charge in [0.2, 0.25) is 11.8 Å². The molecule has 0 aliphatic heterocycles. The van der Waals surface area contributed by atoms with E-state index in [-0.39, 0.29) is 22.5 Å². The van der Waals surface area contributed by atoms with E-state index in [0.29, 0.717) is 0 Å². The minimum absolute atomic E-state index is 0.0474. The number of aromatic nitrogens is 3. The average Bonchev–Trinajstić information content (AvgIpc) is 2.36. The third-order valence-corrected chi connectivity index (χ3v) is 2.39. The summed E-state index contributed by atoms with van der Waals surface area (Å²) >= 11 is 5.73. The maximum absolute atomic E-state index is 11.9. The van der Waals surface area contributed by atoms with Gasteiger partial charge in [-0.2, -0.15) is 4.98 Å². The Morgan fingerprint density at radius 3 is 2.80 bits per heavy atom. The van der Waals surface area contributed by atoms with Gasteiger partial charge in [0.25, 0.3) is 11.5 Å². The molecule has 0 radical (unpaired) electrons. The van der Waals surface area contributed by atoms with Gasteiger partial charge in [-0.3, -0.25) is 19.9 Å². The minimum Gasteiger partial charge on any atom is -0.494 e. The number of amides is 1. The Balaban J connectivity index is 2.27. The van der Waals surface area contributed by atoms with Gasteiger partial charge in [-0.25, -0.2) is 4.98 Å². The number of carbonyl (C=O) groups excluding carboxylic acids is 1. The fraction of sp³-hybridized carbons (Fsp3) is 0.0909. The molecule has 20 heavy (non-hydrogen) atoms. The molecule has 2 aromatic rings. The van der Waals surface area contributed by atoms with Gasteiger partial charge in [0.15, 0.2) is 5.88 Å². The monoisotopic (exact) mass is 296 g/mol. The smallest absolute Gasteiger partial charge is 0.258 e. The number of nitrogens with one attached hydrogen (secondary N) is 2. The molecule has 2 aromatic heterocycles. The lowest BCUT2D eigenvalue weighted by Crippen LogP contribution is -2.17. The molecular formula is C11H9ClN4O4. The number of methoxy groups -OCH3 is 1. The van der Waals surface area contributed by atoms with E-state index in [0.717, 1.165) is 12.1 Å². The average molecular weight is 297 g/mol. The van der Waals surface area contributed by atoms with Crippen LogP contribution in [0.5, 0.6) is 11.8 Å². The lowest BCUT2D eigenvalue weighted by molar-refractivity contribution is 0.102. The predicted octanol–water partition coefficient (Wildman–Crippen LogP) is 0.785. The van der Waals surface area contributed by atoms with Crippen molar-refractivity contribution in [2.24, 2.45) is 0 Å². The molecule has 2 rings (SSSR count). The summed E-state index contributed by atoms with van der Waals surface area (Å²) in [7, 11) is 1.39. The summed E-state index contributed by atoms with van der Waals surface area (Å²) in [5.41, 5.74) is -0.659. The van der Waals surface area contributed by atoms with Crippen LogP contribution in [0.4, 0.5) is 5.95 Å². The van der Waals surface area contributed by atoms with E-state index in [1.165, 1.54) is 13.2 Å². The Morgan fingerprint density at radius 1 is 1.40 bits per heavy atom. The molecule has 0 saturated heterocycles. The van der Waals surface area contributed by atoms with Crippen LogP contribution in [0.1, 0.15) is 10.4 Å². The van der Waals surface area contributed by atoms with Gasteiger partial charge in [0.05, 0.1) is 12.7 Å². The molecule has 0 bridgehead atoms. The Hall–Kier alpha value is -2.61. The summed E-state index contributed by atoms with van der Waals surface area (Å²) < 4.78 is 4.88. The summed E-state index contributed by atoms with van der Waals surface area (Å²) in [5.74, 6) is -1.00. The molecule has 0 atom stereocenters. The molecule has 104 valence electrons. The molecule has 0 aromatic carbocycles. The Kier molecular flexibility index (Phi) is 3.85. The molecule has 9 heteroatoms. The zero-order chi connectivity index (χ0) is 14.7. The van der Waals surface area contributed by atoms with Crippen LogP contribution in [0.2, 0.25) is 5.15 Å². The third kappa shape index (κ3) is 3.23. The number of halogens is 1.